The van der Waals surface area contributed by atoms with E-state index in [1.165, 1.54) is 13.0 Å². The van der Waals surface area contributed by atoms with Crippen LogP contribution in [0.25, 0.3) is 0 Å². The van der Waals surface area contributed by atoms with E-state index in [0.29, 0.717) is 4.99 Å². The lowest BCUT2D eigenvalue weighted by molar-refractivity contribution is 0.256. The fourth-order valence-corrected chi connectivity index (χ4v) is 2.54. The molecule has 1 aliphatic carbocycles. The predicted molar refractivity (Wildman–Crippen MR) is 87.2 cm³/mol. The second kappa shape index (κ2) is 7.04. The third kappa shape index (κ3) is 4.76. The molecule has 1 saturated carbocycles. The van der Waals surface area contributed by atoms with Gasteiger partial charge in [-0.25, -0.2) is 0 Å². The van der Waals surface area contributed by atoms with Crippen LogP contribution in [0.4, 0.5) is 0 Å². The molecule has 0 radical (unpaired) electrons. The number of nitrogens with zero attached hydrogens (tertiary/aromatic N) is 1. The Bertz CT molecular complexity index is 464. The standard InChI is InChI=1S/C16H24N2OS/c1-12-9-14(12)11-18(2)7-4-8-19-15-6-3-5-13(10-15)16(17)20/h3,5-6,10,12,14H,4,7-9,11H2,1-2H3,(H2,17,20). The summed E-state index contributed by atoms with van der Waals surface area (Å²) in [4.78, 5) is 2.82. The van der Waals surface area contributed by atoms with Gasteiger partial charge in [-0.2, -0.15) is 0 Å². The maximum absolute atomic E-state index is 5.75. The second-order valence-electron chi connectivity index (χ2n) is 5.83. The van der Waals surface area contributed by atoms with E-state index < -0.39 is 0 Å². The second-order valence-corrected chi connectivity index (χ2v) is 6.27. The monoisotopic (exact) mass is 292 g/mol. The zero-order valence-electron chi connectivity index (χ0n) is 12.3. The van der Waals surface area contributed by atoms with E-state index in [-0.39, 0.29) is 0 Å². The summed E-state index contributed by atoms with van der Waals surface area (Å²) in [6.07, 6.45) is 2.43. The Morgan fingerprint density at radius 2 is 2.25 bits per heavy atom. The highest BCUT2D eigenvalue weighted by Crippen LogP contribution is 2.37. The maximum atomic E-state index is 5.75. The minimum atomic E-state index is 0.411. The van der Waals surface area contributed by atoms with Crippen molar-refractivity contribution in [1.29, 1.82) is 0 Å². The average Bonchev–Trinajstić information content (AvgIpc) is 3.10. The van der Waals surface area contributed by atoms with Gasteiger partial charge in [0.25, 0.3) is 0 Å². The Morgan fingerprint density at radius 3 is 2.90 bits per heavy atom. The van der Waals surface area contributed by atoms with Crippen molar-refractivity contribution in [3.05, 3.63) is 29.8 Å². The van der Waals surface area contributed by atoms with Crippen LogP contribution in [0.5, 0.6) is 5.75 Å². The van der Waals surface area contributed by atoms with E-state index in [2.05, 4.69) is 18.9 Å². The van der Waals surface area contributed by atoms with Gasteiger partial charge in [-0.15, -0.1) is 0 Å². The van der Waals surface area contributed by atoms with Gasteiger partial charge in [-0.05, 0) is 43.9 Å². The average molecular weight is 292 g/mol. The molecule has 3 nitrogen and oxygen atoms in total. The van der Waals surface area contributed by atoms with Crippen LogP contribution in [0.1, 0.15) is 25.3 Å². The Balaban J connectivity index is 1.65. The SMILES string of the molecule is CC1CC1CN(C)CCCOc1cccc(C(N)=S)c1. The fraction of sp³-hybridized carbons (Fsp3) is 0.562. The lowest BCUT2D eigenvalue weighted by atomic mass is 10.2. The summed E-state index contributed by atoms with van der Waals surface area (Å²) in [5.74, 6) is 2.69. The summed E-state index contributed by atoms with van der Waals surface area (Å²) in [6.45, 7) is 5.36. The molecule has 20 heavy (non-hydrogen) atoms. The fourth-order valence-electron chi connectivity index (χ4n) is 2.41. The number of hydrogen-bond acceptors (Lipinski definition) is 3. The third-order valence-corrected chi connectivity index (χ3v) is 4.13. The summed E-state index contributed by atoms with van der Waals surface area (Å²) in [6, 6.07) is 7.67. The third-order valence-electron chi connectivity index (χ3n) is 3.89. The van der Waals surface area contributed by atoms with Gasteiger partial charge in [0.2, 0.25) is 0 Å². The first kappa shape index (κ1) is 15.3. The van der Waals surface area contributed by atoms with Gasteiger partial charge >= 0.3 is 0 Å². The van der Waals surface area contributed by atoms with Crippen molar-refractivity contribution in [2.24, 2.45) is 17.6 Å². The molecule has 0 amide bonds. The number of benzene rings is 1. The molecule has 2 atom stereocenters. The van der Waals surface area contributed by atoms with E-state index in [4.69, 9.17) is 22.7 Å². The first-order chi connectivity index (χ1) is 9.56. The highest BCUT2D eigenvalue weighted by molar-refractivity contribution is 7.80. The summed E-state index contributed by atoms with van der Waals surface area (Å²) >= 11 is 4.96. The van der Waals surface area contributed by atoms with Gasteiger partial charge in [0.05, 0.1) is 6.61 Å². The number of hydrogen-bond donors (Lipinski definition) is 1. The Morgan fingerprint density at radius 1 is 1.50 bits per heavy atom. The number of rotatable bonds is 8. The van der Waals surface area contributed by atoms with Crippen molar-refractivity contribution in [3.63, 3.8) is 0 Å². The first-order valence-corrected chi connectivity index (χ1v) is 7.68. The molecular weight excluding hydrogens is 268 g/mol. The van der Waals surface area contributed by atoms with Crippen LogP contribution in [0.2, 0.25) is 0 Å². The number of ether oxygens (including phenoxy) is 1. The van der Waals surface area contributed by atoms with Gasteiger partial charge in [-0.1, -0.05) is 31.3 Å². The minimum Gasteiger partial charge on any atom is -0.494 e. The first-order valence-electron chi connectivity index (χ1n) is 7.27. The van der Waals surface area contributed by atoms with Crippen LogP contribution in [0, 0.1) is 11.8 Å². The van der Waals surface area contributed by atoms with Crippen LogP contribution in [0.15, 0.2) is 24.3 Å². The van der Waals surface area contributed by atoms with E-state index in [0.717, 1.165) is 42.7 Å². The molecule has 2 unspecified atom stereocenters. The molecule has 2 rings (SSSR count). The summed E-state index contributed by atoms with van der Waals surface area (Å²) in [7, 11) is 2.19. The van der Waals surface area contributed by atoms with Gasteiger partial charge < -0.3 is 15.4 Å². The molecule has 0 aliphatic heterocycles. The molecule has 0 saturated heterocycles. The number of thiocarbonyl (C=S) groups is 1. The van der Waals surface area contributed by atoms with Crippen molar-refractivity contribution < 1.29 is 4.74 Å². The summed E-state index contributed by atoms with van der Waals surface area (Å²) < 4.78 is 5.75. The molecular formula is C16H24N2OS. The van der Waals surface area contributed by atoms with Gasteiger partial charge in [0.1, 0.15) is 10.7 Å². The summed E-state index contributed by atoms with van der Waals surface area (Å²) in [5.41, 5.74) is 6.47. The molecule has 1 aromatic carbocycles. The van der Waals surface area contributed by atoms with Crippen LogP contribution in [0.3, 0.4) is 0 Å². The van der Waals surface area contributed by atoms with Crippen LogP contribution >= 0.6 is 12.2 Å². The predicted octanol–water partition coefficient (Wildman–Crippen LogP) is 2.68. The Labute approximate surface area is 127 Å². The van der Waals surface area contributed by atoms with Gasteiger partial charge in [0, 0.05) is 18.7 Å². The zero-order valence-corrected chi connectivity index (χ0v) is 13.2. The molecule has 0 heterocycles. The quantitative estimate of drug-likeness (QED) is 0.590. The summed E-state index contributed by atoms with van der Waals surface area (Å²) in [5, 5.41) is 0. The molecule has 0 aromatic heterocycles. The van der Waals surface area contributed by atoms with Gasteiger partial charge in [-0.3, -0.25) is 0 Å². The van der Waals surface area contributed by atoms with Crippen LogP contribution < -0.4 is 10.5 Å². The van der Waals surface area contributed by atoms with Crippen molar-refractivity contribution in [2.75, 3.05) is 26.7 Å². The molecule has 1 aliphatic rings. The molecule has 110 valence electrons. The molecule has 0 spiro atoms. The van der Waals surface area contributed by atoms with Crippen molar-refractivity contribution in [3.8, 4) is 5.75 Å². The van der Waals surface area contributed by atoms with E-state index in [1.807, 2.05) is 24.3 Å². The normalized spacial score (nSPS) is 20.9. The Kier molecular flexibility index (Phi) is 5.38. The smallest absolute Gasteiger partial charge is 0.119 e. The lowest BCUT2D eigenvalue weighted by Gasteiger charge is -2.16. The maximum Gasteiger partial charge on any atom is 0.119 e. The van der Waals surface area contributed by atoms with Crippen LogP contribution in [-0.2, 0) is 0 Å². The molecule has 0 bridgehead atoms. The largest absolute Gasteiger partial charge is 0.494 e. The Hall–Kier alpha value is -1.13. The van der Waals surface area contributed by atoms with E-state index in [1.54, 1.807) is 0 Å². The van der Waals surface area contributed by atoms with Crippen LogP contribution in [-0.4, -0.2) is 36.6 Å². The van der Waals surface area contributed by atoms with Gasteiger partial charge in [0.15, 0.2) is 0 Å². The van der Waals surface area contributed by atoms with E-state index >= 15 is 0 Å². The van der Waals surface area contributed by atoms with Crippen molar-refractivity contribution in [1.82, 2.24) is 4.90 Å². The topological polar surface area (TPSA) is 38.5 Å². The van der Waals surface area contributed by atoms with E-state index in [9.17, 15) is 0 Å². The number of nitrogens with two attached hydrogens (primary N) is 1. The molecule has 1 aromatic rings. The van der Waals surface area contributed by atoms with Crippen molar-refractivity contribution in [2.45, 2.75) is 19.8 Å². The highest BCUT2D eigenvalue weighted by atomic mass is 32.1. The minimum absolute atomic E-state index is 0.411. The molecule has 1 fully saturated rings. The zero-order chi connectivity index (χ0) is 14.5. The highest BCUT2D eigenvalue weighted by Gasteiger charge is 2.32. The van der Waals surface area contributed by atoms with Crippen molar-refractivity contribution >= 4 is 17.2 Å². The lowest BCUT2D eigenvalue weighted by Crippen LogP contribution is -2.24. The molecule has 2 N–H and O–H groups in total. The molecule has 4 heteroatoms.